The molecule has 0 fully saturated rings. The number of carbonyl (C=O) groups excluding carboxylic acids is 1. The number of methoxy groups -OCH3 is 2. The second kappa shape index (κ2) is 6.30. The predicted molar refractivity (Wildman–Crippen MR) is 76.6 cm³/mol. The fourth-order valence-electron chi connectivity index (χ4n) is 2.02. The van der Waals surface area contributed by atoms with E-state index in [1.165, 1.54) is 14.2 Å². The van der Waals surface area contributed by atoms with Crippen LogP contribution in [-0.2, 0) is 11.8 Å². The normalized spacial score (nSPS) is 11.8. The molecule has 0 bridgehead atoms. The quantitative estimate of drug-likeness (QED) is 0.791. The Hall–Kier alpha value is -2.50. The second-order valence-electron chi connectivity index (χ2n) is 4.51. The maximum Gasteiger partial charge on any atom is 0.337 e. The number of ether oxygens (including phenoxy) is 3. The van der Waals surface area contributed by atoms with E-state index >= 15 is 0 Å². The molecule has 0 spiro atoms. The first-order valence-electron chi connectivity index (χ1n) is 6.47. The van der Waals surface area contributed by atoms with Crippen LogP contribution in [0.3, 0.4) is 0 Å². The molecule has 112 valence electrons. The van der Waals surface area contributed by atoms with Crippen molar-refractivity contribution in [3.05, 3.63) is 42.0 Å². The minimum absolute atomic E-state index is 0.247. The Kier molecular flexibility index (Phi) is 4.47. The van der Waals surface area contributed by atoms with Crippen LogP contribution < -0.4 is 9.47 Å². The number of rotatable bonds is 5. The number of hydrogen-bond donors (Lipinski definition) is 0. The first-order chi connectivity index (χ1) is 10.1. The van der Waals surface area contributed by atoms with Gasteiger partial charge in [0.2, 0.25) is 0 Å². The van der Waals surface area contributed by atoms with Crippen molar-refractivity contribution in [2.24, 2.45) is 7.05 Å². The molecular weight excluding hydrogens is 272 g/mol. The Bertz CT molecular complexity index is 636. The number of benzene rings is 1. The third-order valence-electron chi connectivity index (χ3n) is 3.11. The van der Waals surface area contributed by atoms with Crippen molar-refractivity contribution in [1.82, 2.24) is 9.55 Å². The lowest BCUT2D eigenvalue weighted by Gasteiger charge is -2.17. The maximum absolute atomic E-state index is 11.5. The Balaban J connectivity index is 2.24. The van der Waals surface area contributed by atoms with Gasteiger partial charge in [0.1, 0.15) is 5.82 Å². The summed E-state index contributed by atoms with van der Waals surface area (Å²) in [7, 11) is 4.76. The monoisotopic (exact) mass is 290 g/mol. The SMILES string of the molecule is COC(=O)c1ccc(OC(C)c2nccn2C)c(OC)c1. The minimum atomic E-state index is -0.419. The molecule has 1 aromatic carbocycles. The van der Waals surface area contributed by atoms with E-state index in [2.05, 4.69) is 9.72 Å². The highest BCUT2D eigenvalue weighted by molar-refractivity contribution is 5.90. The molecule has 0 aliphatic rings. The van der Waals surface area contributed by atoms with Crippen LogP contribution >= 0.6 is 0 Å². The molecule has 1 heterocycles. The first-order valence-corrected chi connectivity index (χ1v) is 6.47. The third kappa shape index (κ3) is 3.16. The molecule has 21 heavy (non-hydrogen) atoms. The second-order valence-corrected chi connectivity index (χ2v) is 4.51. The molecule has 1 aromatic heterocycles. The van der Waals surface area contributed by atoms with Gasteiger partial charge in [-0.25, -0.2) is 9.78 Å². The highest BCUT2D eigenvalue weighted by Crippen LogP contribution is 2.31. The van der Waals surface area contributed by atoms with Gasteiger partial charge in [0, 0.05) is 19.4 Å². The van der Waals surface area contributed by atoms with E-state index in [4.69, 9.17) is 9.47 Å². The van der Waals surface area contributed by atoms with Crippen LogP contribution in [0.5, 0.6) is 11.5 Å². The van der Waals surface area contributed by atoms with Gasteiger partial charge in [-0.1, -0.05) is 0 Å². The van der Waals surface area contributed by atoms with Gasteiger partial charge in [0.05, 0.1) is 19.8 Å². The molecule has 2 aromatic rings. The largest absolute Gasteiger partial charge is 0.493 e. The zero-order chi connectivity index (χ0) is 15.4. The van der Waals surface area contributed by atoms with E-state index < -0.39 is 5.97 Å². The average molecular weight is 290 g/mol. The zero-order valence-corrected chi connectivity index (χ0v) is 12.5. The molecule has 0 amide bonds. The molecule has 2 rings (SSSR count). The van der Waals surface area contributed by atoms with Crippen molar-refractivity contribution in [3.63, 3.8) is 0 Å². The molecule has 0 radical (unpaired) electrons. The van der Waals surface area contributed by atoms with E-state index in [0.29, 0.717) is 17.1 Å². The van der Waals surface area contributed by atoms with Gasteiger partial charge in [0.25, 0.3) is 0 Å². The summed E-state index contributed by atoms with van der Waals surface area (Å²) >= 11 is 0. The molecule has 1 atom stereocenters. The van der Waals surface area contributed by atoms with Gasteiger partial charge in [0.15, 0.2) is 17.6 Å². The van der Waals surface area contributed by atoms with Gasteiger partial charge >= 0.3 is 5.97 Å². The molecule has 0 aliphatic heterocycles. The van der Waals surface area contributed by atoms with Crippen LogP contribution in [0.1, 0.15) is 29.2 Å². The number of aryl methyl sites for hydroxylation is 1. The molecule has 0 N–H and O–H groups in total. The molecule has 0 saturated carbocycles. The zero-order valence-electron chi connectivity index (χ0n) is 12.5. The number of aromatic nitrogens is 2. The summed E-state index contributed by atoms with van der Waals surface area (Å²) in [5, 5.41) is 0. The van der Waals surface area contributed by atoms with Crippen LogP contribution in [0.4, 0.5) is 0 Å². The summed E-state index contributed by atoms with van der Waals surface area (Å²) < 4.78 is 17.7. The summed E-state index contributed by atoms with van der Waals surface area (Å²) in [4.78, 5) is 15.8. The lowest BCUT2D eigenvalue weighted by atomic mass is 10.2. The average Bonchev–Trinajstić information content (AvgIpc) is 2.93. The molecule has 6 heteroatoms. The van der Waals surface area contributed by atoms with Crippen LogP contribution in [-0.4, -0.2) is 29.7 Å². The Labute approximate surface area is 123 Å². The van der Waals surface area contributed by atoms with Gasteiger partial charge < -0.3 is 18.8 Å². The van der Waals surface area contributed by atoms with Crippen molar-refractivity contribution >= 4 is 5.97 Å². The predicted octanol–water partition coefficient (Wildman–Crippen LogP) is 2.36. The Morgan fingerprint density at radius 3 is 2.62 bits per heavy atom. The standard InChI is InChI=1S/C15H18N2O4/c1-10(14-16-7-8-17(14)2)21-12-6-5-11(15(18)20-4)9-13(12)19-3/h5-10H,1-4H3. The molecule has 0 aliphatic carbocycles. The summed E-state index contributed by atoms with van der Waals surface area (Å²) in [6, 6.07) is 4.91. The van der Waals surface area contributed by atoms with E-state index in [9.17, 15) is 4.79 Å². The van der Waals surface area contributed by atoms with Crippen molar-refractivity contribution in [3.8, 4) is 11.5 Å². The van der Waals surface area contributed by atoms with Gasteiger partial charge in [-0.3, -0.25) is 0 Å². The number of nitrogens with zero attached hydrogens (tertiary/aromatic N) is 2. The minimum Gasteiger partial charge on any atom is -0.493 e. The summed E-state index contributed by atoms with van der Waals surface area (Å²) in [6.07, 6.45) is 3.32. The van der Waals surface area contributed by atoms with Crippen molar-refractivity contribution in [2.45, 2.75) is 13.0 Å². The summed E-state index contributed by atoms with van der Waals surface area (Å²) in [5.74, 6) is 1.39. The number of imidazole rings is 1. The van der Waals surface area contributed by atoms with Gasteiger partial charge in [-0.05, 0) is 25.1 Å². The topological polar surface area (TPSA) is 62.6 Å². The van der Waals surface area contributed by atoms with Crippen LogP contribution in [0, 0.1) is 0 Å². The highest BCUT2D eigenvalue weighted by Gasteiger charge is 2.16. The summed E-state index contributed by atoms with van der Waals surface area (Å²) in [6.45, 7) is 1.90. The third-order valence-corrected chi connectivity index (χ3v) is 3.11. The van der Waals surface area contributed by atoms with Gasteiger partial charge in [-0.2, -0.15) is 0 Å². The first kappa shape index (κ1) is 14.9. The fraction of sp³-hybridized carbons (Fsp3) is 0.333. The lowest BCUT2D eigenvalue weighted by molar-refractivity contribution is 0.0600. The van der Waals surface area contributed by atoms with Crippen LogP contribution in [0.2, 0.25) is 0 Å². The van der Waals surface area contributed by atoms with Gasteiger partial charge in [-0.15, -0.1) is 0 Å². The number of carbonyl (C=O) groups is 1. The summed E-state index contributed by atoms with van der Waals surface area (Å²) in [5.41, 5.74) is 0.409. The van der Waals surface area contributed by atoms with Crippen LogP contribution in [0.15, 0.2) is 30.6 Å². The Morgan fingerprint density at radius 2 is 2.05 bits per heavy atom. The van der Waals surface area contributed by atoms with Crippen molar-refractivity contribution < 1.29 is 19.0 Å². The smallest absolute Gasteiger partial charge is 0.337 e. The molecule has 0 saturated heterocycles. The highest BCUT2D eigenvalue weighted by atomic mass is 16.5. The van der Waals surface area contributed by atoms with E-state index in [1.807, 2.05) is 24.7 Å². The molecule has 6 nitrogen and oxygen atoms in total. The number of hydrogen-bond acceptors (Lipinski definition) is 5. The van der Waals surface area contributed by atoms with Crippen LogP contribution in [0.25, 0.3) is 0 Å². The molecule has 1 unspecified atom stereocenters. The molecular formula is C15H18N2O4. The van der Waals surface area contributed by atoms with E-state index in [-0.39, 0.29) is 6.10 Å². The van der Waals surface area contributed by atoms with E-state index in [1.54, 1.807) is 24.4 Å². The van der Waals surface area contributed by atoms with Crippen molar-refractivity contribution in [2.75, 3.05) is 14.2 Å². The lowest BCUT2D eigenvalue weighted by Crippen LogP contribution is -2.10. The Morgan fingerprint density at radius 1 is 1.29 bits per heavy atom. The van der Waals surface area contributed by atoms with Crippen molar-refractivity contribution in [1.29, 1.82) is 0 Å². The number of esters is 1. The van der Waals surface area contributed by atoms with E-state index in [0.717, 1.165) is 5.82 Å². The maximum atomic E-state index is 11.5. The fourth-order valence-corrected chi connectivity index (χ4v) is 2.02.